The van der Waals surface area contributed by atoms with E-state index in [1.54, 1.807) is 42.5 Å². The maximum atomic E-state index is 14.5. The fourth-order valence-corrected chi connectivity index (χ4v) is 7.87. The number of carbonyl (C=O) groups is 2. The van der Waals surface area contributed by atoms with Crippen LogP contribution in [0, 0.1) is 23.0 Å². The van der Waals surface area contributed by atoms with Crippen molar-refractivity contribution in [1.82, 2.24) is 15.5 Å². The van der Waals surface area contributed by atoms with Crippen molar-refractivity contribution in [3.8, 4) is 17.2 Å². The second kappa shape index (κ2) is 18.2. The lowest BCUT2D eigenvalue weighted by Crippen LogP contribution is -2.50. The maximum Gasteiger partial charge on any atom is 0.416 e. The summed E-state index contributed by atoms with van der Waals surface area (Å²) in [6.45, 7) is 4.38. The van der Waals surface area contributed by atoms with Crippen molar-refractivity contribution in [3.63, 3.8) is 0 Å². The van der Waals surface area contributed by atoms with E-state index < -0.39 is 47.0 Å². The summed E-state index contributed by atoms with van der Waals surface area (Å²) in [7, 11) is 0. The molecular weight excluding hydrogens is 763 g/mol. The average molecular weight is 809 g/mol. The Bertz CT molecular complexity index is 2110. The topological polar surface area (TPSA) is 105 Å². The van der Waals surface area contributed by atoms with Crippen LogP contribution in [0.4, 0.5) is 22.0 Å². The normalized spacial score (nSPS) is 15.6. The van der Waals surface area contributed by atoms with Gasteiger partial charge in [-0.1, -0.05) is 51.0 Å². The molecular formula is C44H46ClF5N4O3. The number of halogens is 6. The summed E-state index contributed by atoms with van der Waals surface area (Å²) in [5.74, 6) is -2.51. The molecule has 0 unspecified atom stereocenters. The molecule has 0 bridgehead atoms. The van der Waals surface area contributed by atoms with Gasteiger partial charge in [0, 0.05) is 41.9 Å². The molecule has 1 heterocycles. The molecule has 302 valence electrons. The molecule has 1 saturated carbocycles. The number of carbonyl (C=O) groups excluding carboxylic acids is 2. The molecule has 1 aliphatic heterocycles. The summed E-state index contributed by atoms with van der Waals surface area (Å²) in [6.07, 6.45) is -1.22. The molecule has 7 nitrogen and oxygen atoms in total. The molecule has 1 fully saturated rings. The van der Waals surface area contributed by atoms with Gasteiger partial charge in [-0.15, -0.1) is 12.4 Å². The summed E-state index contributed by atoms with van der Waals surface area (Å²) in [4.78, 5) is 30.6. The van der Waals surface area contributed by atoms with Gasteiger partial charge in [0.1, 0.15) is 11.6 Å². The predicted molar refractivity (Wildman–Crippen MR) is 210 cm³/mol. The van der Waals surface area contributed by atoms with Crippen LogP contribution in [0.25, 0.3) is 11.1 Å². The molecule has 0 saturated heterocycles. The third kappa shape index (κ3) is 10.0. The molecule has 57 heavy (non-hydrogen) atoms. The lowest BCUT2D eigenvalue weighted by atomic mass is 9.87. The van der Waals surface area contributed by atoms with E-state index in [0.29, 0.717) is 65.3 Å². The van der Waals surface area contributed by atoms with Crippen LogP contribution in [-0.4, -0.2) is 53.1 Å². The van der Waals surface area contributed by atoms with Crippen LogP contribution >= 0.6 is 12.4 Å². The lowest BCUT2D eigenvalue weighted by molar-refractivity contribution is -0.137. The second-order valence-corrected chi connectivity index (χ2v) is 14.9. The Morgan fingerprint density at radius 3 is 2.26 bits per heavy atom. The van der Waals surface area contributed by atoms with Crippen LogP contribution in [0.5, 0.6) is 0 Å². The molecule has 0 aromatic heterocycles. The number of hydrogen-bond donors (Lipinski definition) is 3. The Labute approximate surface area is 335 Å². The van der Waals surface area contributed by atoms with Gasteiger partial charge in [-0.3, -0.25) is 9.59 Å². The van der Waals surface area contributed by atoms with Crippen LogP contribution in [0.2, 0.25) is 0 Å². The monoisotopic (exact) mass is 808 g/mol. The minimum absolute atomic E-state index is 0. The van der Waals surface area contributed by atoms with Crippen molar-refractivity contribution in [2.45, 2.75) is 95.1 Å². The van der Waals surface area contributed by atoms with Gasteiger partial charge in [-0.05, 0) is 115 Å². The van der Waals surface area contributed by atoms with E-state index in [4.69, 9.17) is 0 Å². The molecule has 0 radical (unpaired) electrons. The second-order valence-electron chi connectivity index (χ2n) is 14.9. The van der Waals surface area contributed by atoms with E-state index in [9.17, 15) is 41.9 Å². The number of nitrogens with zero attached hydrogens (tertiary/aromatic N) is 2. The number of nitrogens with one attached hydrogen (secondary N) is 2. The van der Waals surface area contributed by atoms with Gasteiger partial charge >= 0.3 is 6.18 Å². The highest BCUT2D eigenvalue weighted by Crippen LogP contribution is 2.46. The third-order valence-electron chi connectivity index (χ3n) is 10.9. The van der Waals surface area contributed by atoms with Gasteiger partial charge in [-0.25, -0.2) is 8.78 Å². The summed E-state index contributed by atoms with van der Waals surface area (Å²) >= 11 is 0. The van der Waals surface area contributed by atoms with E-state index in [2.05, 4.69) is 30.6 Å². The summed E-state index contributed by atoms with van der Waals surface area (Å²) < 4.78 is 69.3. The molecule has 0 spiro atoms. The van der Waals surface area contributed by atoms with Gasteiger partial charge in [-0.2, -0.15) is 18.4 Å². The van der Waals surface area contributed by atoms with E-state index in [-0.39, 0.29) is 48.4 Å². The molecule has 13 heteroatoms. The molecule has 6 rings (SSSR count). The van der Waals surface area contributed by atoms with Gasteiger partial charge < -0.3 is 20.6 Å². The van der Waals surface area contributed by atoms with Crippen molar-refractivity contribution in [1.29, 1.82) is 5.26 Å². The van der Waals surface area contributed by atoms with E-state index in [0.717, 1.165) is 49.9 Å². The van der Waals surface area contributed by atoms with Crippen molar-refractivity contribution in [2.24, 2.45) is 0 Å². The van der Waals surface area contributed by atoms with Crippen molar-refractivity contribution in [2.75, 3.05) is 13.1 Å². The third-order valence-corrected chi connectivity index (χ3v) is 10.9. The van der Waals surface area contributed by atoms with Gasteiger partial charge in [0.05, 0.1) is 29.3 Å². The molecule has 1 aliphatic carbocycles. The largest absolute Gasteiger partial charge is 0.416 e. The Balaban J connectivity index is 0.00000620. The molecule has 4 aromatic rings. The Morgan fingerprint density at radius 1 is 0.947 bits per heavy atom. The highest BCUT2D eigenvalue weighted by Gasteiger charge is 2.45. The number of aliphatic hydroxyl groups excluding tert-OH is 1. The first kappa shape index (κ1) is 43.3. The van der Waals surface area contributed by atoms with Crippen LogP contribution in [0.3, 0.4) is 0 Å². The zero-order valence-corrected chi connectivity index (χ0v) is 32.6. The number of hydrogen-bond acceptors (Lipinski definition) is 5. The van der Waals surface area contributed by atoms with Gasteiger partial charge in [0.15, 0.2) is 0 Å². The number of alkyl halides is 3. The lowest BCUT2D eigenvalue weighted by Gasteiger charge is -2.36. The number of nitriles is 1. The van der Waals surface area contributed by atoms with E-state index in [1.165, 1.54) is 6.07 Å². The van der Waals surface area contributed by atoms with E-state index >= 15 is 0 Å². The Hall–Kier alpha value is -4.83. The van der Waals surface area contributed by atoms with Crippen LogP contribution in [-0.2, 0) is 24.6 Å². The highest BCUT2D eigenvalue weighted by atomic mass is 35.5. The molecule has 3 N–H and O–H groups in total. The SMILES string of the molecule is CCCC(CCC)N1CCc2c(C(=O)N[C@@H](Cc3cc(F)cc(F)c3)[C@H](O)CNC3(c4cccc(C(F)(F)F)c4)CC3)cc(-c3cccc(C#N)c3)cc2C1=O.Cl. The number of fused-ring (bicyclic) bond motifs is 1. The summed E-state index contributed by atoms with van der Waals surface area (Å²) in [5.41, 5.74) is 1.58. The minimum Gasteiger partial charge on any atom is -0.390 e. The first-order valence-corrected chi connectivity index (χ1v) is 19.1. The maximum absolute atomic E-state index is 14.5. The van der Waals surface area contributed by atoms with Crippen molar-refractivity contribution in [3.05, 3.63) is 129 Å². The van der Waals surface area contributed by atoms with Crippen LogP contribution in [0.1, 0.15) is 101 Å². The van der Waals surface area contributed by atoms with Gasteiger partial charge in [0.2, 0.25) is 0 Å². The Kier molecular flexibility index (Phi) is 13.8. The zero-order chi connectivity index (χ0) is 40.2. The number of rotatable bonds is 15. The summed E-state index contributed by atoms with van der Waals surface area (Å²) in [6, 6.07) is 19.2. The number of amides is 2. The Morgan fingerprint density at radius 2 is 1.63 bits per heavy atom. The minimum atomic E-state index is -4.54. The summed E-state index contributed by atoms with van der Waals surface area (Å²) in [5, 5.41) is 27.4. The molecule has 4 aromatic carbocycles. The fourth-order valence-electron chi connectivity index (χ4n) is 7.87. The smallest absolute Gasteiger partial charge is 0.390 e. The molecule has 2 atom stereocenters. The van der Waals surface area contributed by atoms with Crippen LogP contribution in [0.15, 0.2) is 78.9 Å². The van der Waals surface area contributed by atoms with Gasteiger partial charge in [0.25, 0.3) is 11.8 Å². The first-order chi connectivity index (χ1) is 26.7. The average Bonchev–Trinajstić information content (AvgIpc) is 3.97. The zero-order valence-electron chi connectivity index (χ0n) is 31.8. The predicted octanol–water partition coefficient (Wildman–Crippen LogP) is 8.89. The molecule has 2 amide bonds. The number of benzene rings is 4. The highest BCUT2D eigenvalue weighted by molar-refractivity contribution is 6.05. The van der Waals surface area contributed by atoms with E-state index in [1.807, 2.05) is 4.90 Å². The quantitative estimate of drug-likeness (QED) is 0.104. The van der Waals surface area contributed by atoms with Crippen molar-refractivity contribution < 1.29 is 36.6 Å². The molecule has 2 aliphatic rings. The standard InChI is InChI=1S/C44H45F5N4O3.ClH/c1-3-7-35(8-4-2)53-16-13-36-37(21-30(22-38(36)42(53)56)29-10-5-9-27(17-29)25-50)41(55)52-39(20-28-18-33(45)24-34(46)19-28)40(54)26-51-43(14-15-43)31-11-6-12-32(23-31)44(47,48)49;/h5-6,9-12,17-19,21-24,35,39-40,51,54H,3-4,7-8,13-16,20,26H2,1-2H3,(H,52,55);1H/t39-,40+;/m0./s1. The van der Waals surface area contributed by atoms with Crippen LogP contribution < -0.4 is 10.6 Å². The fraction of sp³-hybridized carbons (Fsp3) is 0.386. The van der Waals surface area contributed by atoms with Crippen molar-refractivity contribution >= 4 is 24.2 Å². The first-order valence-electron chi connectivity index (χ1n) is 19.1. The number of aliphatic hydroxyl groups is 1.